The van der Waals surface area contributed by atoms with Gasteiger partial charge in [-0.15, -0.1) is 17.9 Å². The van der Waals surface area contributed by atoms with Gasteiger partial charge < -0.3 is 14.2 Å². The number of hydrazone groups is 1. The van der Waals surface area contributed by atoms with E-state index < -0.39 is 0 Å². The number of hydrogen-bond acceptors (Lipinski definition) is 8. The topological polar surface area (TPSA) is 82.0 Å². The summed E-state index contributed by atoms with van der Waals surface area (Å²) in [5, 5.41) is 6.63. The molecule has 0 radical (unpaired) electrons. The fraction of sp³-hybridized carbons (Fsp3) is 0.350. The number of ether oxygens (including phenoxy) is 3. The second-order valence-electron chi connectivity index (χ2n) is 5.63. The molecule has 1 aromatic carbocycles. The van der Waals surface area contributed by atoms with Crippen LogP contribution in [0.15, 0.2) is 35.3 Å². The molecule has 0 fully saturated rings. The molecule has 1 aromatic heterocycles. The molecule has 0 saturated heterocycles. The van der Waals surface area contributed by atoms with E-state index >= 15 is 0 Å². The number of nitrogens with one attached hydrogen (secondary N) is 1. The lowest BCUT2D eigenvalue weighted by Crippen LogP contribution is -2.07. The van der Waals surface area contributed by atoms with Gasteiger partial charge in [-0.1, -0.05) is 6.08 Å². The van der Waals surface area contributed by atoms with Crippen LogP contribution in [0.5, 0.6) is 11.5 Å². The van der Waals surface area contributed by atoms with Gasteiger partial charge in [0.25, 0.3) is 0 Å². The van der Waals surface area contributed by atoms with Gasteiger partial charge in [-0.25, -0.2) is 4.98 Å². The minimum atomic E-state index is -0.292. The van der Waals surface area contributed by atoms with Crippen molar-refractivity contribution >= 4 is 28.7 Å². The maximum atomic E-state index is 11.5. The van der Waals surface area contributed by atoms with Crippen LogP contribution in [0.2, 0.25) is 0 Å². The van der Waals surface area contributed by atoms with E-state index in [0.717, 1.165) is 11.1 Å². The monoisotopic (exact) mass is 403 g/mol. The van der Waals surface area contributed by atoms with E-state index in [4.69, 9.17) is 14.2 Å². The van der Waals surface area contributed by atoms with Crippen LogP contribution in [0.3, 0.4) is 0 Å². The zero-order valence-electron chi connectivity index (χ0n) is 16.4. The van der Waals surface area contributed by atoms with E-state index in [0.29, 0.717) is 42.0 Å². The van der Waals surface area contributed by atoms with Crippen molar-refractivity contribution in [2.75, 3.05) is 25.7 Å². The largest absolute Gasteiger partial charge is 0.493 e. The van der Waals surface area contributed by atoms with Crippen molar-refractivity contribution in [1.82, 2.24) is 4.98 Å². The Balaban J connectivity index is 2.10. The summed E-state index contributed by atoms with van der Waals surface area (Å²) in [6.07, 6.45) is 4.30. The van der Waals surface area contributed by atoms with Crippen LogP contribution in [-0.4, -0.2) is 37.5 Å². The minimum absolute atomic E-state index is 0.150. The molecule has 0 aliphatic carbocycles. The number of esters is 1. The van der Waals surface area contributed by atoms with Gasteiger partial charge in [-0.3, -0.25) is 10.2 Å². The van der Waals surface area contributed by atoms with Crippen LogP contribution in [0.1, 0.15) is 30.7 Å². The third kappa shape index (κ3) is 6.09. The maximum absolute atomic E-state index is 11.5. The Hall–Kier alpha value is -2.87. The van der Waals surface area contributed by atoms with Gasteiger partial charge in [0.15, 0.2) is 11.5 Å². The van der Waals surface area contributed by atoms with Crippen LogP contribution in [0, 0.1) is 0 Å². The van der Waals surface area contributed by atoms with Crippen molar-refractivity contribution in [3.63, 3.8) is 0 Å². The normalized spacial score (nSPS) is 10.7. The Morgan fingerprint density at radius 3 is 2.86 bits per heavy atom. The fourth-order valence-corrected chi connectivity index (χ4v) is 3.18. The number of methoxy groups -OCH3 is 1. The van der Waals surface area contributed by atoms with Crippen LogP contribution < -0.4 is 14.9 Å². The summed E-state index contributed by atoms with van der Waals surface area (Å²) < 4.78 is 16.1. The Bertz CT molecular complexity index is 833. The summed E-state index contributed by atoms with van der Waals surface area (Å²) in [5.41, 5.74) is 5.36. The molecule has 0 unspecified atom stereocenters. The summed E-state index contributed by atoms with van der Waals surface area (Å²) in [4.78, 5) is 15.8. The molecule has 8 heteroatoms. The first-order valence-corrected chi connectivity index (χ1v) is 9.82. The first kappa shape index (κ1) is 21.4. The van der Waals surface area contributed by atoms with Crippen LogP contribution in [0.25, 0.3) is 0 Å². The van der Waals surface area contributed by atoms with Gasteiger partial charge in [0.05, 0.1) is 38.7 Å². The second kappa shape index (κ2) is 11.1. The summed E-state index contributed by atoms with van der Waals surface area (Å²) in [5.74, 6) is 1.08. The number of benzene rings is 1. The minimum Gasteiger partial charge on any atom is -0.493 e. The predicted molar refractivity (Wildman–Crippen MR) is 112 cm³/mol. The molecule has 1 N–H and O–H groups in total. The van der Waals surface area contributed by atoms with E-state index in [2.05, 4.69) is 22.1 Å². The van der Waals surface area contributed by atoms with Crippen LogP contribution >= 0.6 is 11.3 Å². The molecule has 0 amide bonds. The van der Waals surface area contributed by atoms with Crippen molar-refractivity contribution in [2.24, 2.45) is 5.10 Å². The standard InChI is InChI=1S/C20H25N3O4S/c1-5-8-15-9-14(10-17(26-6-2)19(15)25-4)12-21-23-20-22-16(13-28-20)11-18(24)27-7-3/h5,9-10,12-13H,1,6-8,11H2,2-4H3,(H,22,23). The molecule has 0 aliphatic heterocycles. The quantitative estimate of drug-likeness (QED) is 0.266. The van der Waals surface area contributed by atoms with E-state index in [-0.39, 0.29) is 12.4 Å². The molecule has 2 aromatic rings. The van der Waals surface area contributed by atoms with E-state index in [1.165, 1.54) is 11.3 Å². The Morgan fingerprint density at radius 2 is 2.18 bits per heavy atom. The first-order chi connectivity index (χ1) is 13.6. The van der Waals surface area contributed by atoms with Crippen molar-refractivity contribution < 1.29 is 19.0 Å². The molecule has 0 spiro atoms. The molecule has 0 bridgehead atoms. The molecule has 0 aliphatic rings. The van der Waals surface area contributed by atoms with Crippen LogP contribution in [-0.2, 0) is 22.4 Å². The molecule has 1 heterocycles. The summed E-state index contributed by atoms with van der Waals surface area (Å²) >= 11 is 1.37. The third-order valence-corrected chi connectivity index (χ3v) is 4.37. The van der Waals surface area contributed by atoms with Crippen molar-refractivity contribution in [1.29, 1.82) is 0 Å². The molecule has 7 nitrogen and oxygen atoms in total. The number of anilines is 1. The van der Waals surface area contributed by atoms with E-state index in [1.54, 1.807) is 25.6 Å². The van der Waals surface area contributed by atoms with E-state index in [9.17, 15) is 4.79 Å². The van der Waals surface area contributed by atoms with Gasteiger partial charge in [0.2, 0.25) is 5.13 Å². The van der Waals surface area contributed by atoms with Gasteiger partial charge in [-0.05, 0) is 38.0 Å². The molecule has 0 atom stereocenters. The van der Waals surface area contributed by atoms with Gasteiger partial charge in [0.1, 0.15) is 0 Å². The Kier molecular flexibility index (Phi) is 8.48. The number of nitrogens with zero attached hydrogens (tertiary/aromatic N) is 2. The first-order valence-electron chi connectivity index (χ1n) is 8.94. The van der Waals surface area contributed by atoms with Crippen molar-refractivity contribution in [3.05, 3.63) is 47.0 Å². The lowest BCUT2D eigenvalue weighted by Gasteiger charge is -2.14. The average Bonchev–Trinajstić information content (AvgIpc) is 3.09. The summed E-state index contributed by atoms with van der Waals surface area (Å²) in [6, 6.07) is 3.84. The number of hydrogen-bond donors (Lipinski definition) is 1. The molecular formula is C20H25N3O4S. The lowest BCUT2D eigenvalue weighted by atomic mass is 10.1. The zero-order valence-corrected chi connectivity index (χ0v) is 17.2. The number of aromatic nitrogens is 1. The third-order valence-electron chi connectivity index (χ3n) is 3.58. The number of allylic oxidation sites excluding steroid dienone is 1. The van der Waals surface area contributed by atoms with Crippen molar-refractivity contribution in [2.45, 2.75) is 26.7 Å². The molecular weight excluding hydrogens is 378 g/mol. The number of carbonyl (C=O) groups is 1. The van der Waals surface area contributed by atoms with E-state index in [1.807, 2.05) is 25.1 Å². The van der Waals surface area contributed by atoms with Gasteiger partial charge in [0, 0.05) is 10.9 Å². The van der Waals surface area contributed by atoms with Crippen LogP contribution in [0.4, 0.5) is 5.13 Å². The highest BCUT2D eigenvalue weighted by Gasteiger charge is 2.12. The smallest absolute Gasteiger partial charge is 0.311 e. The highest BCUT2D eigenvalue weighted by molar-refractivity contribution is 7.13. The lowest BCUT2D eigenvalue weighted by molar-refractivity contribution is -0.142. The number of carbonyl (C=O) groups excluding carboxylic acids is 1. The molecule has 150 valence electrons. The molecule has 0 saturated carbocycles. The molecule has 28 heavy (non-hydrogen) atoms. The highest BCUT2D eigenvalue weighted by atomic mass is 32.1. The second-order valence-corrected chi connectivity index (χ2v) is 6.49. The molecule has 2 rings (SSSR count). The highest BCUT2D eigenvalue weighted by Crippen LogP contribution is 2.33. The predicted octanol–water partition coefficient (Wildman–Crippen LogP) is 3.83. The number of thiazole rings is 1. The summed E-state index contributed by atoms with van der Waals surface area (Å²) in [7, 11) is 1.62. The zero-order chi connectivity index (χ0) is 20.4. The summed E-state index contributed by atoms with van der Waals surface area (Å²) in [6.45, 7) is 8.38. The van der Waals surface area contributed by atoms with Gasteiger partial charge in [-0.2, -0.15) is 5.10 Å². The maximum Gasteiger partial charge on any atom is 0.311 e. The number of rotatable bonds is 11. The SMILES string of the molecule is C=CCc1cc(C=NNc2nc(CC(=O)OCC)cs2)cc(OCC)c1OC. The average molecular weight is 404 g/mol. The Morgan fingerprint density at radius 1 is 1.36 bits per heavy atom. The van der Waals surface area contributed by atoms with Crippen molar-refractivity contribution in [3.8, 4) is 11.5 Å². The van der Waals surface area contributed by atoms with Gasteiger partial charge >= 0.3 is 5.97 Å². The Labute approximate surface area is 169 Å². The fourth-order valence-electron chi connectivity index (χ4n) is 2.52.